The highest BCUT2D eigenvalue weighted by atomic mass is 15.3. The summed E-state index contributed by atoms with van der Waals surface area (Å²) in [6.07, 6.45) is 0.599. The topological polar surface area (TPSA) is 30.3 Å². The summed E-state index contributed by atoms with van der Waals surface area (Å²) in [6.45, 7) is 8.50. The zero-order chi connectivity index (χ0) is 14.0. The van der Waals surface area contributed by atoms with E-state index in [0.717, 1.165) is 13.1 Å². The Morgan fingerprint density at radius 2 is 2.00 bits per heavy atom. The minimum atomic E-state index is 0.329. The van der Waals surface area contributed by atoms with Crippen molar-refractivity contribution in [2.75, 3.05) is 25.0 Å². The van der Waals surface area contributed by atoms with Crippen molar-refractivity contribution in [1.29, 1.82) is 5.26 Å². The number of hydrogen-bond acceptors (Lipinski definition) is 3. The van der Waals surface area contributed by atoms with Crippen molar-refractivity contribution in [3.8, 4) is 6.07 Å². The maximum absolute atomic E-state index is 8.96. The third-order valence-electron chi connectivity index (χ3n) is 4.37. The molecule has 1 aromatic rings. The molecule has 0 amide bonds. The van der Waals surface area contributed by atoms with Gasteiger partial charge in [-0.15, -0.1) is 0 Å². The van der Waals surface area contributed by atoms with Crippen LogP contribution in [0.3, 0.4) is 0 Å². The van der Waals surface area contributed by atoms with Gasteiger partial charge in [0.15, 0.2) is 0 Å². The minimum absolute atomic E-state index is 0.329. The van der Waals surface area contributed by atoms with E-state index in [4.69, 9.17) is 5.26 Å². The molecule has 2 atom stereocenters. The number of hydrogen-bond donors (Lipinski definition) is 0. The Bertz CT molecular complexity index is 489. The molecule has 3 heteroatoms. The van der Waals surface area contributed by atoms with Crippen LogP contribution in [0.25, 0.3) is 0 Å². The van der Waals surface area contributed by atoms with Crippen molar-refractivity contribution in [1.82, 2.24) is 4.90 Å². The van der Waals surface area contributed by atoms with E-state index >= 15 is 0 Å². The molecular formula is C16H23N3. The van der Waals surface area contributed by atoms with Gasteiger partial charge in [-0.3, -0.25) is 4.90 Å². The van der Waals surface area contributed by atoms with Gasteiger partial charge in [-0.05, 0) is 51.1 Å². The van der Waals surface area contributed by atoms with Crippen LogP contribution in [0.2, 0.25) is 0 Å². The average molecular weight is 257 g/mol. The summed E-state index contributed by atoms with van der Waals surface area (Å²) in [5.74, 6) is 0. The lowest BCUT2D eigenvalue weighted by atomic mass is 10.0. The average Bonchev–Trinajstić information content (AvgIpc) is 2.38. The maximum atomic E-state index is 8.96. The molecule has 0 bridgehead atoms. The largest absolute Gasteiger partial charge is 0.368 e. The maximum Gasteiger partial charge on any atom is 0.0638 e. The normalized spacial score (nSPS) is 24.3. The lowest BCUT2D eigenvalue weighted by Gasteiger charge is -2.44. The first-order chi connectivity index (χ1) is 9.02. The van der Waals surface area contributed by atoms with Gasteiger partial charge < -0.3 is 4.90 Å². The third kappa shape index (κ3) is 2.90. The van der Waals surface area contributed by atoms with Crippen LogP contribution in [0.1, 0.15) is 24.5 Å². The molecule has 0 aliphatic carbocycles. The van der Waals surface area contributed by atoms with Crippen LogP contribution >= 0.6 is 0 Å². The Labute approximate surface area is 116 Å². The highest BCUT2D eigenvalue weighted by Crippen LogP contribution is 2.24. The van der Waals surface area contributed by atoms with Gasteiger partial charge in [-0.1, -0.05) is 6.07 Å². The Morgan fingerprint density at radius 3 is 2.63 bits per heavy atom. The monoisotopic (exact) mass is 257 g/mol. The molecule has 2 rings (SSSR count). The van der Waals surface area contributed by atoms with Gasteiger partial charge in [0.25, 0.3) is 0 Å². The van der Waals surface area contributed by atoms with E-state index in [0.29, 0.717) is 18.5 Å². The molecule has 0 aromatic heterocycles. The van der Waals surface area contributed by atoms with E-state index in [1.54, 1.807) is 0 Å². The van der Waals surface area contributed by atoms with Crippen LogP contribution in [0.15, 0.2) is 18.2 Å². The molecular weight excluding hydrogens is 234 g/mol. The SMILES string of the molecule is Cc1ccc(N2CC(C)N(C)C(CC#N)C2)cc1C. The van der Waals surface area contributed by atoms with Crippen LogP contribution in [-0.4, -0.2) is 37.1 Å². The summed E-state index contributed by atoms with van der Waals surface area (Å²) in [4.78, 5) is 4.75. The van der Waals surface area contributed by atoms with Gasteiger partial charge in [0.1, 0.15) is 0 Å². The fourth-order valence-corrected chi connectivity index (χ4v) is 2.71. The van der Waals surface area contributed by atoms with Gasteiger partial charge in [-0.2, -0.15) is 5.26 Å². The summed E-state index contributed by atoms with van der Waals surface area (Å²) in [6, 6.07) is 9.77. The smallest absolute Gasteiger partial charge is 0.0638 e. The zero-order valence-electron chi connectivity index (χ0n) is 12.3. The summed E-state index contributed by atoms with van der Waals surface area (Å²) in [5, 5.41) is 8.96. The van der Waals surface area contributed by atoms with Crippen molar-refractivity contribution in [2.45, 2.75) is 39.3 Å². The van der Waals surface area contributed by atoms with Gasteiger partial charge in [-0.25, -0.2) is 0 Å². The first-order valence-corrected chi connectivity index (χ1v) is 6.94. The zero-order valence-corrected chi connectivity index (χ0v) is 12.3. The molecule has 1 saturated heterocycles. The number of nitrogens with zero attached hydrogens (tertiary/aromatic N) is 3. The molecule has 1 aromatic carbocycles. The van der Waals surface area contributed by atoms with Crippen LogP contribution in [0, 0.1) is 25.2 Å². The second-order valence-electron chi connectivity index (χ2n) is 5.70. The van der Waals surface area contributed by atoms with E-state index < -0.39 is 0 Å². The Hall–Kier alpha value is -1.53. The summed E-state index contributed by atoms with van der Waals surface area (Å²) in [5.41, 5.74) is 3.95. The Kier molecular flexibility index (Phi) is 4.11. The number of anilines is 1. The van der Waals surface area contributed by atoms with E-state index in [-0.39, 0.29) is 0 Å². The number of likely N-dealkylation sites (N-methyl/N-ethyl adjacent to an activating group) is 1. The van der Waals surface area contributed by atoms with Crippen molar-refractivity contribution in [2.24, 2.45) is 0 Å². The summed E-state index contributed by atoms with van der Waals surface area (Å²) >= 11 is 0. The molecule has 2 unspecified atom stereocenters. The molecule has 1 aliphatic heterocycles. The first kappa shape index (κ1) is 13.9. The number of aryl methyl sites for hydroxylation is 2. The van der Waals surface area contributed by atoms with E-state index in [1.165, 1.54) is 16.8 Å². The molecule has 3 nitrogen and oxygen atoms in total. The van der Waals surface area contributed by atoms with Crippen molar-refractivity contribution < 1.29 is 0 Å². The highest BCUT2D eigenvalue weighted by molar-refractivity contribution is 5.51. The molecule has 0 saturated carbocycles. The lowest BCUT2D eigenvalue weighted by Crippen LogP contribution is -2.56. The standard InChI is InChI=1S/C16H23N3/c1-12-5-6-15(9-13(12)2)19-10-14(3)18(4)16(11-19)7-8-17/h5-6,9,14,16H,7,10-11H2,1-4H3. The number of nitriles is 1. The second-order valence-corrected chi connectivity index (χ2v) is 5.70. The van der Waals surface area contributed by atoms with E-state index in [1.807, 2.05) is 0 Å². The van der Waals surface area contributed by atoms with Crippen molar-refractivity contribution >= 4 is 5.69 Å². The molecule has 1 heterocycles. The molecule has 19 heavy (non-hydrogen) atoms. The third-order valence-corrected chi connectivity index (χ3v) is 4.37. The van der Waals surface area contributed by atoms with Crippen molar-refractivity contribution in [3.05, 3.63) is 29.3 Å². The van der Waals surface area contributed by atoms with E-state index in [9.17, 15) is 0 Å². The minimum Gasteiger partial charge on any atom is -0.368 e. The highest BCUT2D eigenvalue weighted by Gasteiger charge is 2.29. The predicted octanol–water partition coefficient (Wildman–Crippen LogP) is 2.73. The van der Waals surface area contributed by atoms with Crippen LogP contribution < -0.4 is 4.90 Å². The van der Waals surface area contributed by atoms with E-state index in [2.05, 4.69) is 61.9 Å². The molecule has 1 fully saturated rings. The summed E-state index contributed by atoms with van der Waals surface area (Å²) < 4.78 is 0. The molecule has 1 aliphatic rings. The Morgan fingerprint density at radius 1 is 1.26 bits per heavy atom. The van der Waals surface area contributed by atoms with Gasteiger partial charge in [0.2, 0.25) is 0 Å². The van der Waals surface area contributed by atoms with Crippen LogP contribution in [-0.2, 0) is 0 Å². The number of benzene rings is 1. The van der Waals surface area contributed by atoms with Crippen LogP contribution in [0.4, 0.5) is 5.69 Å². The predicted molar refractivity (Wildman–Crippen MR) is 79.4 cm³/mol. The van der Waals surface area contributed by atoms with Gasteiger partial charge in [0, 0.05) is 30.9 Å². The quantitative estimate of drug-likeness (QED) is 0.816. The molecule has 102 valence electrons. The fraction of sp³-hybridized carbons (Fsp3) is 0.562. The van der Waals surface area contributed by atoms with Gasteiger partial charge >= 0.3 is 0 Å². The van der Waals surface area contributed by atoms with Gasteiger partial charge in [0.05, 0.1) is 12.5 Å². The van der Waals surface area contributed by atoms with Crippen LogP contribution in [0.5, 0.6) is 0 Å². The van der Waals surface area contributed by atoms with Crippen molar-refractivity contribution in [3.63, 3.8) is 0 Å². The second kappa shape index (κ2) is 5.63. The molecule has 0 N–H and O–H groups in total. The number of piperazine rings is 1. The molecule has 0 spiro atoms. The first-order valence-electron chi connectivity index (χ1n) is 6.94. The molecule has 0 radical (unpaired) electrons. The lowest BCUT2D eigenvalue weighted by molar-refractivity contribution is 0.160. The fourth-order valence-electron chi connectivity index (χ4n) is 2.71. The summed E-state index contributed by atoms with van der Waals surface area (Å²) in [7, 11) is 2.13. The Balaban J connectivity index is 2.20. The number of rotatable bonds is 2.